The lowest BCUT2D eigenvalue weighted by atomic mass is 10.0. The highest BCUT2D eigenvalue weighted by atomic mass is 35.7. The van der Waals surface area contributed by atoms with Crippen LogP contribution in [0.5, 0.6) is 0 Å². The van der Waals surface area contributed by atoms with E-state index in [0.717, 1.165) is 37.2 Å². The number of nitrogens with zero attached hydrogens (tertiary/aromatic N) is 2. The summed E-state index contributed by atoms with van der Waals surface area (Å²) in [6, 6.07) is 0.364. The van der Waals surface area contributed by atoms with E-state index in [0.29, 0.717) is 6.04 Å². The molecule has 90 valence electrons. The second-order valence-electron chi connectivity index (χ2n) is 4.17. The van der Waals surface area contributed by atoms with Crippen molar-refractivity contribution in [2.75, 3.05) is 0 Å². The van der Waals surface area contributed by atoms with Crippen LogP contribution in [-0.4, -0.2) is 18.0 Å². The lowest BCUT2D eigenvalue weighted by molar-refractivity contribution is 0.382. The normalized spacial score (nSPS) is 20.8. The van der Waals surface area contributed by atoms with Crippen molar-refractivity contribution in [1.29, 1.82) is 0 Å². The molecular formula is C10H15ClN2O2S. The van der Waals surface area contributed by atoms with E-state index in [9.17, 15) is 8.42 Å². The van der Waals surface area contributed by atoms with Gasteiger partial charge in [0.05, 0.1) is 5.69 Å². The van der Waals surface area contributed by atoms with Crippen LogP contribution in [0.2, 0.25) is 0 Å². The second-order valence-corrected chi connectivity index (χ2v) is 6.65. The van der Waals surface area contributed by atoms with E-state index in [-0.39, 0.29) is 5.03 Å². The third-order valence-electron chi connectivity index (χ3n) is 3.17. The molecule has 1 unspecified atom stereocenters. The number of aryl methyl sites for hydroxylation is 1. The quantitative estimate of drug-likeness (QED) is 0.769. The van der Waals surface area contributed by atoms with Crippen molar-refractivity contribution in [3.63, 3.8) is 0 Å². The van der Waals surface area contributed by atoms with Crippen LogP contribution in [-0.2, 0) is 15.5 Å². The molecule has 0 bridgehead atoms. The first kappa shape index (κ1) is 11.9. The standard InChI is InChI=1S/C10H15ClN2O2S/c1-3-8-5-4-6-9-10(16(11,14)15)12-7(2)13(8)9/h8H,3-6H2,1-2H3. The lowest BCUT2D eigenvalue weighted by Crippen LogP contribution is -2.18. The minimum atomic E-state index is -3.71. The van der Waals surface area contributed by atoms with Gasteiger partial charge in [-0.15, -0.1) is 0 Å². The number of aromatic nitrogens is 2. The molecule has 2 rings (SSSR count). The van der Waals surface area contributed by atoms with Gasteiger partial charge in [0.1, 0.15) is 5.82 Å². The maximum Gasteiger partial charge on any atom is 0.280 e. The van der Waals surface area contributed by atoms with Crippen molar-refractivity contribution in [3.8, 4) is 0 Å². The van der Waals surface area contributed by atoms with Crippen LogP contribution >= 0.6 is 10.7 Å². The number of hydrogen-bond donors (Lipinski definition) is 0. The second kappa shape index (κ2) is 4.04. The molecule has 0 saturated heterocycles. The Hall–Kier alpha value is -0.550. The predicted molar refractivity (Wildman–Crippen MR) is 62.3 cm³/mol. The highest BCUT2D eigenvalue weighted by Crippen LogP contribution is 2.33. The van der Waals surface area contributed by atoms with Crippen LogP contribution in [0.1, 0.15) is 43.7 Å². The Morgan fingerprint density at radius 2 is 2.25 bits per heavy atom. The van der Waals surface area contributed by atoms with Crippen LogP contribution < -0.4 is 0 Å². The fourth-order valence-corrected chi connectivity index (χ4v) is 3.59. The number of rotatable bonds is 2. The third-order valence-corrected chi connectivity index (χ3v) is 4.40. The van der Waals surface area contributed by atoms with Gasteiger partial charge in [-0.1, -0.05) is 6.92 Å². The first-order valence-electron chi connectivity index (χ1n) is 5.47. The summed E-state index contributed by atoms with van der Waals surface area (Å²) in [5.41, 5.74) is 0.783. The Labute approximate surface area is 100 Å². The molecule has 4 nitrogen and oxygen atoms in total. The summed E-state index contributed by atoms with van der Waals surface area (Å²) in [4.78, 5) is 4.10. The van der Waals surface area contributed by atoms with Gasteiger partial charge in [0.25, 0.3) is 9.05 Å². The van der Waals surface area contributed by atoms with E-state index in [1.54, 1.807) is 0 Å². The maximum absolute atomic E-state index is 11.4. The summed E-state index contributed by atoms with van der Waals surface area (Å²) in [6.45, 7) is 3.94. The first-order valence-corrected chi connectivity index (χ1v) is 7.78. The van der Waals surface area contributed by atoms with Gasteiger partial charge < -0.3 is 4.57 Å². The Kier molecular flexibility index (Phi) is 3.01. The molecule has 0 spiro atoms. The van der Waals surface area contributed by atoms with E-state index < -0.39 is 9.05 Å². The van der Waals surface area contributed by atoms with Gasteiger partial charge in [-0.2, -0.15) is 0 Å². The monoisotopic (exact) mass is 262 g/mol. The minimum absolute atomic E-state index is 0.0600. The molecule has 1 aliphatic heterocycles. The summed E-state index contributed by atoms with van der Waals surface area (Å²) in [6.07, 6.45) is 3.83. The zero-order chi connectivity index (χ0) is 11.9. The van der Waals surface area contributed by atoms with Crippen LogP contribution in [0, 0.1) is 6.92 Å². The summed E-state index contributed by atoms with van der Waals surface area (Å²) >= 11 is 0. The highest BCUT2D eigenvalue weighted by Gasteiger charge is 2.29. The molecule has 1 aromatic heterocycles. The third kappa shape index (κ3) is 1.86. The molecule has 0 fully saturated rings. The van der Waals surface area contributed by atoms with Crippen LogP contribution in [0.15, 0.2) is 5.03 Å². The Morgan fingerprint density at radius 1 is 1.56 bits per heavy atom. The molecule has 1 aromatic rings. The van der Waals surface area contributed by atoms with Gasteiger partial charge in [-0.05, 0) is 32.6 Å². The molecule has 16 heavy (non-hydrogen) atoms. The first-order chi connectivity index (χ1) is 7.45. The molecule has 0 N–H and O–H groups in total. The zero-order valence-electron chi connectivity index (χ0n) is 9.40. The number of fused-ring (bicyclic) bond motifs is 1. The molecule has 0 radical (unpaired) electrons. The molecular weight excluding hydrogens is 248 g/mol. The van der Waals surface area contributed by atoms with E-state index in [4.69, 9.17) is 10.7 Å². The fraction of sp³-hybridized carbons (Fsp3) is 0.700. The van der Waals surface area contributed by atoms with Crippen molar-refractivity contribution in [1.82, 2.24) is 9.55 Å². The molecule has 0 aliphatic carbocycles. The van der Waals surface area contributed by atoms with Gasteiger partial charge in [0.2, 0.25) is 0 Å². The molecule has 0 aromatic carbocycles. The zero-order valence-corrected chi connectivity index (χ0v) is 11.0. The van der Waals surface area contributed by atoms with Gasteiger partial charge in [0.15, 0.2) is 5.03 Å². The molecule has 6 heteroatoms. The Morgan fingerprint density at radius 3 is 2.81 bits per heavy atom. The minimum Gasteiger partial charge on any atom is -0.328 e. The molecule has 2 heterocycles. The van der Waals surface area contributed by atoms with E-state index in [1.807, 2.05) is 11.5 Å². The molecule has 1 aliphatic rings. The number of halogens is 1. The van der Waals surface area contributed by atoms with Gasteiger partial charge >= 0.3 is 0 Å². The Bertz CT molecular complexity index is 507. The fourth-order valence-electron chi connectivity index (χ4n) is 2.49. The number of imidazole rings is 1. The van der Waals surface area contributed by atoms with Crippen molar-refractivity contribution >= 4 is 19.7 Å². The SMILES string of the molecule is CCC1CCCc2c(S(=O)(=O)Cl)nc(C)n21. The molecule has 1 atom stereocenters. The summed E-state index contributed by atoms with van der Waals surface area (Å²) in [7, 11) is 1.68. The summed E-state index contributed by atoms with van der Waals surface area (Å²) < 4.78 is 24.8. The Balaban J connectivity index is 2.62. The van der Waals surface area contributed by atoms with Crippen molar-refractivity contribution in [3.05, 3.63) is 11.5 Å². The average Bonchev–Trinajstić information content (AvgIpc) is 2.56. The van der Waals surface area contributed by atoms with Gasteiger partial charge in [0, 0.05) is 16.7 Å². The maximum atomic E-state index is 11.4. The largest absolute Gasteiger partial charge is 0.328 e. The van der Waals surface area contributed by atoms with Crippen molar-refractivity contribution in [2.45, 2.75) is 50.6 Å². The van der Waals surface area contributed by atoms with E-state index >= 15 is 0 Å². The van der Waals surface area contributed by atoms with Crippen LogP contribution in [0.25, 0.3) is 0 Å². The van der Waals surface area contributed by atoms with Crippen molar-refractivity contribution in [2.24, 2.45) is 0 Å². The number of hydrogen-bond acceptors (Lipinski definition) is 3. The average molecular weight is 263 g/mol. The molecule has 0 amide bonds. The predicted octanol–water partition coefficient (Wildman–Crippen LogP) is 2.41. The van der Waals surface area contributed by atoms with Crippen molar-refractivity contribution < 1.29 is 8.42 Å². The smallest absolute Gasteiger partial charge is 0.280 e. The van der Waals surface area contributed by atoms with Gasteiger partial charge in [-0.3, -0.25) is 0 Å². The van der Waals surface area contributed by atoms with Gasteiger partial charge in [-0.25, -0.2) is 13.4 Å². The van der Waals surface area contributed by atoms with E-state index in [2.05, 4.69) is 11.9 Å². The van der Waals surface area contributed by atoms with Crippen LogP contribution in [0.4, 0.5) is 0 Å². The highest BCUT2D eigenvalue weighted by molar-refractivity contribution is 8.13. The molecule has 0 saturated carbocycles. The summed E-state index contributed by atoms with van der Waals surface area (Å²) in [5, 5.41) is 0.0600. The lowest BCUT2D eigenvalue weighted by Gasteiger charge is -2.25. The van der Waals surface area contributed by atoms with E-state index in [1.165, 1.54) is 0 Å². The topological polar surface area (TPSA) is 52.0 Å². The van der Waals surface area contributed by atoms with Crippen LogP contribution in [0.3, 0.4) is 0 Å². The summed E-state index contributed by atoms with van der Waals surface area (Å²) in [5.74, 6) is 0.751.